The number of nitrogens with one attached hydrogen (secondary N) is 1. The van der Waals surface area contributed by atoms with E-state index in [1.807, 2.05) is 6.07 Å². The molecule has 6 heteroatoms. The molecule has 24 heavy (non-hydrogen) atoms. The van der Waals surface area contributed by atoms with E-state index in [0.29, 0.717) is 29.1 Å². The van der Waals surface area contributed by atoms with Gasteiger partial charge in [-0.3, -0.25) is 4.79 Å². The van der Waals surface area contributed by atoms with Crippen molar-refractivity contribution < 1.29 is 4.79 Å². The third-order valence-electron chi connectivity index (χ3n) is 3.37. The molecule has 0 aliphatic heterocycles. The van der Waals surface area contributed by atoms with E-state index in [1.165, 1.54) is 12.5 Å². The topological polar surface area (TPSA) is 91.6 Å². The number of benzene rings is 1. The van der Waals surface area contributed by atoms with Gasteiger partial charge in [-0.1, -0.05) is 12.1 Å². The summed E-state index contributed by atoms with van der Waals surface area (Å²) in [5.41, 5.74) is 2.33. The molecule has 0 atom stereocenters. The Hall–Kier alpha value is -3.59. The van der Waals surface area contributed by atoms with Crippen molar-refractivity contribution in [3.05, 3.63) is 83.6 Å². The first kappa shape index (κ1) is 15.3. The molecule has 1 N–H and O–H groups in total. The fourth-order valence-corrected chi connectivity index (χ4v) is 2.14. The fourth-order valence-electron chi connectivity index (χ4n) is 2.14. The van der Waals surface area contributed by atoms with Crippen LogP contribution < -0.4 is 5.32 Å². The number of carbonyl (C=O) groups is 1. The minimum atomic E-state index is -0.164. The highest BCUT2D eigenvalue weighted by Crippen LogP contribution is 2.13. The number of aromatic nitrogens is 3. The Balaban J connectivity index is 1.69. The molecule has 0 fully saturated rings. The van der Waals surface area contributed by atoms with Crippen molar-refractivity contribution in [3.8, 4) is 6.07 Å². The van der Waals surface area contributed by atoms with Gasteiger partial charge in [0.2, 0.25) is 0 Å². The summed E-state index contributed by atoms with van der Waals surface area (Å²) >= 11 is 0. The van der Waals surface area contributed by atoms with Crippen LogP contribution in [-0.2, 0) is 6.54 Å². The van der Waals surface area contributed by atoms with Crippen molar-refractivity contribution >= 4 is 11.6 Å². The first-order valence-corrected chi connectivity index (χ1v) is 7.25. The second-order valence-electron chi connectivity index (χ2n) is 5.05. The number of hydrogen-bond donors (Lipinski definition) is 1. The fraction of sp³-hybridized carbons (Fsp3) is 0.0556. The van der Waals surface area contributed by atoms with E-state index in [-0.39, 0.29) is 5.78 Å². The highest BCUT2D eigenvalue weighted by molar-refractivity contribution is 6.09. The Kier molecular flexibility index (Phi) is 4.54. The van der Waals surface area contributed by atoms with Crippen LogP contribution in [0.15, 0.2) is 61.3 Å². The first-order chi connectivity index (χ1) is 11.8. The minimum absolute atomic E-state index is 0.164. The molecule has 0 saturated heterocycles. The first-order valence-electron chi connectivity index (χ1n) is 7.25. The third-order valence-corrected chi connectivity index (χ3v) is 3.37. The quantitative estimate of drug-likeness (QED) is 0.728. The van der Waals surface area contributed by atoms with Crippen LogP contribution in [0.4, 0.5) is 5.82 Å². The van der Waals surface area contributed by atoms with E-state index in [2.05, 4.69) is 20.3 Å². The van der Waals surface area contributed by atoms with Crippen molar-refractivity contribution in [2.45, 2.75) is 6.54 Å². The SMILES string of the molecule is N#Cc1cccc(C(=O)c2ccc(NCc3cncnc3)nc2)c1. The molecule has 0 aliphatic rings. The van der Waals surface area contributed by atoms with E-state index in [1.54, 1.807) is 48.8 Å². The molecule has 3 aromatic rings. The number of rotatable bonds is 5. The van der Waals surface area contributed by atoms with Crippen LogP contribution in [0.1, 0.15) is 27.0 Å². The number of carbonyl (C=O) groups excluding carboxylic acids is 1. The smallest absolute Gasteiger partial charge is 0.194 e. The van der Waals surface area contributed by atoms with Crippen LogP contribution >= 0.6 is 0 Å². The molecule has 0 radical (unpaired) electrons. The Morgan fingerprint density at radius 3 is 2.62 bits per heavy atom. The highest BCUT2D eigenvalue weighted by atomic mass is 16.1. The predicted molar refractivity (Wildman–Crippen MR) is 88.2 cm³/mol. The van der Waals surface area contributed by atoms with Crippen molar-refractivity contribution in [1.29, 1.82) is 5.26 Å². The monoisotopic (exact) mass is 315 g/mol. The van der Waals surface area contributed by atoms with E-state index < -0.39 is 0 Å². The van der Waals surface area contributed by atoms with Gasteiger partial charge >= 0.3 is 0 Å². The van der Waals surface area contributed by atoms with E-state index in [4.69, 9.17) is 5.26 Å². The van der Waals surface area contributed by atoms with Gasteiger partial charge in [-0.2, -0.15) is 5.26 Å². The molecule has 2 heterocycles. The number of pyridine rings is 1. The van der Waals surface area contributed by atoms with Gasteiger partial charge in [-0.15, -0.1) is 0 Å². The van der Waals surface area contributed by atoms with Gasteiger partial charge < -0.3 is 5.32 Å². The van der Waals surface area contributed by atoms with Crippen LogP contribution in [0.3, 0.4) is 0 Å². The third kappa shape index (κ3) is 3.59. The number of nitriles is 1. The molecule has 2 aromatic heterocycles. The summed E-state index contributed by atoms with van der Waals surface area (Å²) in [6.07, 6.45) is 6.44. The molecule has 3 rings (SSSR count). The van der Waals surface area contributed by atoms with Gasteiger partial charge in [-0.05, 0) is 24.3 Å². The molecule has 6 nitrogen and oxygen atoms in total. The highest BCUT2D eigenvalue weighted by Gasteiger charge is 2.10. The zero-order chi connectivity index (χ0) is 16.8. The van der Waals surface area contributed by atoms with E-state index in [9.17, 15) is 4.79 Å². The van der Waals surface area contributed by atoms with Crippen molar-refractivity contribution in [1.82, 2.24) is 15.0 Å². The van der Waals surface area contributed by atoms with Crippen LogP contribution in [-0.4, -0.2) is 20.7 Å². The summed E-state index contributed by atoms with van der Waals surface area (Å²) in [6, 6.07) is 12.1. The van der Waals surface area contributed by atoms with Crippen LogP contribution in [0.25, 0.3) is 0 Å². The maximum atomic E-state index is 12.4. The number of anilines is 1. The average Bonchev–Trinajstić information content (AvgIpc) is 2.67. The normalized spacial score (nSPS) is 9.96. The standard InChI is InChI=1S/C18H13N5O/c19-7-13-2-1-3-15(6-13)18(24)16-4-5-17(23-11-16)22-10-14-8-20-12-21-9-14/h1-6,8-9,11-12H,10H2,(H,22,23). The molecular weight excluding hydrogens is 302 g/mol. The maximum Gasteiger partial charge on any atom is 0.194 e. The Morgan fingerprint density at radius 1 is 1.08 bits per heavy atom. The van der Waals surface area contributed by atoms with Crippen LogP contribution in [0.5, 0.6) is 0 Å². The Morgan fingerprint density at radius 2 is 1.92 bits per heavy atom. The van der Waals surface area contributed by atoms with Gasteiger partial charge in [0.05, 0.1) is 11.6 Å². The molecule has 0 saturated carbocycles. The number of nitrogens with zero attached hydrogens (tertiary/aromatic N) is 4. The largest absolute Gasteiger partial charge is 0.366 e. The second kappa shape index (κ2) is 7.11. The lowest BCUT2D eigenvalue weighted by molar-refractivity contribution is 0.103. The van der Waals surface area contributed by atoms with E-state index in [0.717, 1.165) is 5.56 Å². The molecule has 116 valence electrons. The Bertz CT molecular complexity index is 885. The molecule has 0 bridgehead atoms. The second-order valence-corrected chi connectivity index (χ2v) is 5.05. The molecule has 1 aromatic carbocycles. The van der Waals surface area contributed by atoms with Gasteiger partial charge in [0.15, 0.2) is 5.78 Å². The number of hydrogen-bond acceptors (Lipinski definition) is 6. The summed E-state index contributed by atoms with van der Waals surface area (Å²) in [7, 11) is 0. The predicted octanol–water partition coefficient (Wildman–Crippen LogP) is 2.59. The van der Waals surface area contributed by atoms with Crippen molar-refractivity contribution in [2.24, 2.45) is 0 Å². The molecule has 0 spiro atoms. The maximum absolute atomic E-state index is 12.4. The van der Waals surface area contributed by atoms with E-state index >= 15 is 0 Å². The molecule has 0 amide bonds. The lowest BCUT2D eigenvalue weighted by atomic mass is 10.0. The molecular formula is C18H13N5O. The van der Waals surface area contributed by atoms with Gasteiger partial charge in [0.25, 0.3) is 0 Å². The zero-order valence-electron chi connectivity index (χ0n) is 12.7. The Labute approximate surface area is 138 Å². The van der Waals surface area contributed by atoms with Crippen molar-refractivity contribution in [2.75, 3.05) is 5.32 Å². The van der Waals surface area contributed by atoms with Crippen LogP contribution in [0, 0.1) is 11.3 Å². The summed E-state index contributed by atoms with van der Waals surface area (Å²) in [5, 5.41) is 12.1. The lowest BCUT2D eigenvalue weighted by Crippen LogP contribution is -2.05. The summed E-state index contributed by atoms with van der Waals surface area (Å²) < 4.78 is 0. The number of ketones is 1. The van der Waals surface area contributed by atoms with Crippen LogP contribution in [0.2, 0.25) is 0 Å². The van der Waals surface area contributed by atoms with Gasteiger partial charge in [-0.25, -0.2) is 15.0 Å². The van der Waals surface area contributed by atoms with Crippen molar-refractivity contribution in [3.63, 3.8) is 0 Å². The minimum Gasteiger partial charge on any atom is -0.366 e. The summed E-state index contributed by atoms with van der Waals surface area (Å²) in [6.45, 7) is 0.547. The molecule has 0 unspecified atom stereocenters. The van der Waals surface area contributed by atoms with Gasteiger partial charge in [0, 0.05) is 41.8 Å². The lowest BCUT2D eigenvalue weighted by Gasteiger charge is -2.06. The summed E-state index contributed by atoms with van der Waals surface area (Å²) in [4.78, 5) is 24.5. The zero-order valence-corrected chi connectivity index (χ0v) is 12.7. The average molecular weight is 315 g/mol. The van der Waals surface area contributed by atoms with Gasteiger partial charge in [0.1, 0.15) is 12.1 Å². The summed E-state index contributed by atoms with van der Waals surface area (Å²) in [5.74, 6) is 0.490. The molecule has 0 aliphatic carbocycles.